The van der Waals surface area contributed by atoms with E-state index >= 15 is 0 Å². The van der Waals surface area contributed by atoms with E-state index in [2.05, 4.69) is 20.5 Å². The Balaban J connectivity index is 1.90. The Labute approximate surface area is 140 Å². The van der Waals surface area contributed by atoms with Crippen molar-refractivity contribution < 1.29 is 14.2 Å². The number of hydrogen-bond donors (Lipinski definition) is 2. The van der Waals surface area contributed by atoms with Crippen LogP contribution in [0.15, 0.2) is 4.99 Å². The summed E-state index contributed by atoms with van der Waals surface area (Å²) in [4.78, 5) is 6.70. The van der Waals surface area contributed by atoms with Crippen molar-refractivity contribution in [3.63, 3.8) is 0 Å². The van der Waals surface area contributed by atoms with Gasteiger partial charge in [0.2, 0.25) is 0 Å². The standard InChI is InChI=1S/C16H34N4O3/c1-17-16(19-7-5-11-22-15-14-21-2)18-6-3-4-8-20-9-12-23-13-10-20/h3-15H2,1-2H3,(H2,17,18,19). The Morgan fingerprint density at radius 2 is 1.78 bits per heavy atom. The van der Waals surface area contributed by atoms with Gasteiger partial charge in [0.05, 0.1) is 26.4 Å². The summed E-state index contributed by atoms with van der Waals surface area (Å²) in [5.41, 5.74) is 0. The SMILES string of the molecule is CN=C(NCCCCN1CCOCC1)NCCCOCCOC. The van der Waals surface area contributed by atoms with E-state index in [9.17, 15) is 0 Å². The predicted octanol–water partition coefficient (Wildman–Crippen LogP) is 0.317. The number of hydrogen-bond acceptors (Lipinski definition) is 5. The van der Waals surface area contributed by atoms with E-state index in [1.54, 1.807) is 14.2 Å². The lowest BCUT2D eigenvalue weighted by molar-refractivity contribution is 0.0372. The second-order valence-corrected chi connectivity index (χ2v) is 5.55. The van der Waals surface area contributed by atoms with Crippen LogP contribution in [-0.2, 0) is 14.2 Å². The summed E-state index contributed by atoms with van der Waals surface area (Å²) >= 11 is 0. The van der Waals surface area contributed by atoms with Crippen LogP contribution in [0, 0.1) is 0 Å². The number of nitrogens with one attached hydrogen (secondary N) is 2. The summed E-state index contributed by atoms with van der Waals surface area (Å²) in [6.07, 6.45) is 3.32. The number of nitrogens with zero attached hydrogens (tertiary/aromatic N) is 2. The summed E-state index contributed by atoms with van der Waals surface area (Å²) < 4.78 is 15.7. The molecule has 1 fully saturated rings. The van der Waals surface area contributed by atoms with Gasteiger partial charge in [0, 0.05) is 46.9 Å². The monoisotopic (exact) mass is 330 g/mol. The van der Waals surface area contributed by atoms with Crippen LogP contribution in [0.1, 0.15) is 19.3 Å². The summed E-state index contributed by atoms with van der Waals surface area (Å²) in [7, 11) is 3.49. The van der Waals surface area contributed by atoms with Crippen LogP contribution in [0.25, 0.3) is 0 Å². The Hall–Kier alpha value is -0.890. The molecule has 7 nitrogen and oxygen atoms in total. The summed E-state index contributed by atoms with van der Waals surface area (Å²) in [6, 6.07) is 0. The molecule has 0 bridgehead atoms. The zero-order valence-corrected chi connectivity index (χ0v) is 14.8. The Bertz CT molecular complexity index is 297. The zero-order valence-electron chi connectivity index (χ0n) is 14.8. The van der Waals surface area contributed by atoms with Gasteiger partial charge in [-0.1, -0.05) is 0 Å². The molecular weight excluding hydrogens is 296 g/mol. The lowest BCUT2D eigenvalue weighted by Crippen LogP contribution is -2.39. The molecule has 0 aliphatic carbocycles. The molecule has 0 saturated carbocycles. The van der Waals surface area contributed by atoms with Gasteiger partial charge in [-0.2, -0.15) is 0 Å². The number of ether oxygens (including phenoxy) is 3. The first-order chi connectivity index (χ1) is 11.4. The first kappa shape index (κ1) is 20.2. The number of methoxy groups -OCH3 is 1. The molecule has 1 saturated heterocycles. The third kappa shape index (κ3) is 11.3. The van der Waals surface area contributed by atoms with Gasteiger partial charge < -0.3 is 24.8 Å². The number of aliphatic imine (C=N–C) groups is 1. The maximum atomic E-state index is 5.42. The molecule has 23 heavy (non-hydrogen) atoms. The van der Waals surface area contributed by atoms with E-state index in [-0.39, 0.29) is 0 Å². The van der Waals surface area contributed by atoms with Gasteiger partial charge >= 0.3 is 0 Å². The van der Waals surface area contributed by atoms with Gasteiger partial charge in [-0.25, -0.2) is 0 Å². The van der Waals surface area contributed by atoms with E-state index in [1.807, 2.05) is 0 Å². The van der Waals surface area contributed by atoms with Crippen LogP contribution >= 0.6 is 0 Å². The first-order valence-electron chi connectivity index (χ1n) is 8.68. The molecule has 0 aromatic heterocycles. The van der Waals surface area contributed by atoms with Crippen molar-refractivity contribution in [1.29, 1.82) is 0 Å². The van der Waals surface area contributed by atoms with Crippen LogP contribution in [0.4, 0.5) is 0 Å². The minimum absolute atomic E-state index is 0.654. The second-order valence-electron chi connectivity index (χ2n) is 5.55. The number of guanidine groups is 1. The van der Waals surface area contributed by atoms with Gasteiger partial charge in [-0.05, 0) is 25.8 Å². The molecule has 0 unspecified atom stereocenters. The zero-order chi connectivity index (χ0) is 16.6. The average Bonchev–Trinajstić information content (AvgIpc) is 2.59. The fourth-order valence-electron chi connectivity index (χ4n) is 2.34. The molecule has 0 atom stereocenters. The minimum Gasteiger partial charge on any atom is -0.382 e. The highest BCUT2D eigenvalue weighted by molar-refractivity contribution is 5.79. The molecule has 1 heterocycles. The fourth-order valence-corrected chi connectivity index (χ4v) is 2.34. The molecule has 1 rings (SSSR count). The smallest absolute Gasteiger partial charge is 0.190 e. The lowest BCUT2D eigenvalue weighted by Gasteiger charge is -2.26. The van der Waals surface area contributed by atoms with Crippen LogP contribution in [-0.4, -0.2) is 90.8 Å². The van der Waals surface area contributed by atoms with Crippen molar-refractivity contribution >= 4 is 5.96 Å². The van der Waals surface area contributed by atoms with Crippen LogP contribution in [0.5, 0.6) is 0 Å². The topological polar surface area (TPSA) is 67.4 Å². The van der Waals surface area contributed by atoms with Crippen molar-refractivity contribution in [1.82, 2.24) is 15.5 Å². The quantitative estimate of drug-likeness (QED) is 0.305. The summed E-state index contributed by atoms with van der Waals surface area (Å²) in [5.74, 6) is 0.869. The maximum absolute atomic E-state index is 5.42. The van der Waals surface area contributed by atoms with E-state index in [0.717, 1.165) is 71.3 Å². The Kier molecular flexibility index (Phi) is 12.9. The molecule has 0 radical (unpaired) electrons. The van der Waals surface area contributed by atoms with Crippen LogP contribution < -0.4 is 10.6 Å². The Morgan fingerprint density at radius 1 is 1.04 bits per heavy atom. The van der Waals surface area contributed by atoms with Gasteiger partial charge in [-0.15, -0.1) is 0 Å². The van der Waals surface area contributed by atoms with Crippen LogP contribution in [0.3, 0.4) is 0 Å². The first-order valence-corrected chi connectivity index (χ1v) is 8.68. The molecule has 1 aliphatic heterocycles. The van der Waals surface area contributed by atoms with Gasteiger partial charge in [0.25, 0.3) is 0 Å². The molecule has 1 aliphatic rings. The molecule has 136 valence electrons. The van der Waals surface area contributed by atoms with Crippen molar-refractivity contribution in [2.24, 2.45) is 4.99 Å². The average molecular weight is 330 g/mol. The fraction of sp³-hybridized carbons (Fsp3) is 0.938. The highest BCUT2D eigenvalue weighted by Gasteiger charge is 2.08. The van der Waals surface area contributed by atoms with Crippen LogP contribution in [0.2, 0.25) is 0 Å². The minimum atomic E-state index is 0.654. The molecule has 0 aromatic rings. The van der Waals surface area contributed by atoms with Crippen molar-refractivity contribution in [3.8, 4) is 0 Å². The number of unbranched alkanes of at least 4 members (excludes halogenated alkanes) is 1. The van der Waals surface area contributed by atoms with Crippen molar-refractivity contribution in [3.05, 3.63) is 0 Å². The number of morpholine rings is 1. The largest absolute Gasteiger partial charge is 0.382 e. The Morgan fingerprint density at radius 3 is 2.48 bits per heavy atom. The molecule has 2 N–H and O–H groups in total. The second kappa shape index (κ2) is 14.7. The van der Waals surface area contributed by atoms with Crippen molar-refractivity contribution in [2.75, 3.05) is 79.9 Å². The molecule has 0 amide bonds. The predicted molar refractivity (Wildman–Crippen MR) is 93.2 cm³/mol. The molecule has 7 heteroatoms. The molecular formula is C16H34N4O3. The molecule has 0 aromatic carbocycles. The third-order valence-electron chi connectivity index (χ3n) is 3.71. The normalized spacial score (nSPS) is 16.5. The van der Waals surface area contributed by atoms with E-state index in [4.69, 9.17) is 14.2 Å². The summed E-state index contributed by atoms with van der Waals surface area (Å²) in [5, 5.41) is 6.65. The highest BCUT2D eigenvalue weighted by Crippen LogP contribution is 1.99. The third-order valence-corrected chi connectivity index (χ3v) is 3.71. The van der Waals surface area contributed by atoms with Crippen molar-refractivity contribution in [2.45, 2.75) is 19.3 Å². The maximum Gasteiger partial charge on any atom is 0.190 e. The lowest BCUT2D eigenvalue weighted by atomic mass is 10.3. The van der Waals surface area contributed by atoms with E-state index in [1.165, 1.54) is 6.42 Å². The van der Waals surface area contributed by atoms with E-state index in [0.29, 0.717) is 13.2 Å². The van der Waals surface area contributed by atoms with E-state index < -0.39 is 0 Å². The highest BCUT2D eigenvalue weighted by atomic mass is 16.5. The number of rotatable bonds is 12. The van der Waals surface area contributed by atoms with Gasteiger partial charge in [0.1, 0.15) is 0 Å². The van der Waals surface area contributed by atoms with Gasteiger partial charge in [-0.3, -0.25) is 9.89 Å². The summed E-state index contributed by atoms with van der Waals surface area (Å²) in [6.45, 7) is 8.94. The van der Waals surface area contributed by atoms with Gasteiger partial charge in [0.15, 0.2) is 5.96 Å². The molecule has 0 spiro atoms.